The smallest absolute Gasteiger partial charge is 0.294 e. The molecule has 0 atom stereocenters. The lowest BCUT2D eigenvalue weighted by molar-refractivity contribution is 0.483. The van der Waals surface area contributed by atoms with E-state index in [1.165, 1.54) is 19.1 Å². The summed E-state index contributed by atoms with van der Waals surface area (Å²) in [5.41, 5.74) is 4.64. The Labute approximate surface area is 106 Å². The Morgan fingerprint density at radius 3 is 1.83 bits per heavy atom. The van der Waals surface area contributed by atoms with Crippen molar-refractivity contribution in [3.63, 3.8) is 0 Å². The molecule has 0 aromatic heterocycles. The summed E-state index contributed by atoms with van der Waals surface area (Å²) in [6.07, 6.45) is 0. The third-order valence-electron chi connectivity index (χ3n) is 1.78. The van der Waals surface area contributed by atoms with Gasteiger partial charge in [0.05, 0.1) is 17.0 Å². The molecule has 0 aliphatic rings. The van der Waals surface area contributed by atoms with Crippen LogP contribution in [-0.4, -0.2) is 18.5 Å². The topological polar surface area (TPSA) is 128 Å². The molecule has 6 nitrogen and oxygen atoms in total. The summed E-state index contributed by atoms with van der Waals surface area (Å²) >= 11 is 0. The first-order valence-corrected chi connectivity index (χ1v) is 6.22. The highest BCUT2D eigenvalue weighted by Gasteiger charge is 2.13. The zero-order valence-electron chi connectivity index (χ0n) is 9.95. The monoisotopic (exact) mass is 267 g/mol. The van der Waals surface area contributed by atoms with Gasteiger partial charge in [0.15, 0.2) is 5.54 Å². The van der Waals surface area contributed by atoms with E-state index in [2.05, 4.69) is 0 Å². The fourth-order valence-corrected chi connectivity index (χ4v) is 1.22. The predicted molar refractivity (Wildman–Crippen MR) is 64.8 cm³/mol. The van der Waals surface area contributed by atoms with Crippen LogP contribution >= 0.6 is 0 Å². The Morgan fingerprint density at radius 1 is 1.22 bits per heavy atom. The van der Waals surface area contributed by atoms with Crippen LogP contribution in [0.5, 0.6) is 0 Å². The van der Waals surface area contributed by atoms with Gasteiger partial charge in [-0.1, -0.05) is 17.7 Å². The van der Waals surface area contributed by atoms with Crippen molar-refractivity contribution in [2.75, 3.05) is 0 Å². The van der Waals surface area contributed by atoms with E-state index in [0.29, 0.717) is 0 Å². The van der Waals surface area contributed by atoms with Crippen LogP contribution in [0, 0.1) is 29.6 Å². The summed E-state index contributed by atoms with van der Waals surface area (Å²) in [7, 11) is -4.02. The summed E-state index contributed by atoms with van der Waals surface area (Å²) in [5, 5.41) is 16.0. The lowest BCUT2D eigenvalue weighted by Gasteiger charge is -1.98. The average molecular weight is 267 g/mol. The molecule has 3 N–H and O–H groups in total. The van der Waals surface area contributed by atoms with Gasteiger partial charge in [-0.05, 0) is 26.0 Å². The van der Waals surface area contributed by atoms with Crippen LogP contribution in [0.15, 0.2) is 29.2 Å². The number of rotatable bonds is 1. The summed E-state index contributed by atoms with van der Waals surface area (Å²) in [5.74, 6) is 0. The van der Waals surface area contributed by atoms with E-state index in [9.17, 15) is 8.42 Å². The predicted octanol–water partition coefficient (Wildman–Crippen LogP) is 0.993. The van der Waals surface area contributed by atoms with E-state index in [1.54, 1.807) is 24.3 Å². The number of nitrogens with zero attached hydrogens (tertiary/aromatic N) is 2. The fraction of sp³-hybridized carbons (Fsp3) is 0.273. The normalized spacial score (nSPS) is 10.6. The maximum absolute atomic E-state index is 10.5. The quantitative estimate of drug-likeness (QED) is 0.730. The van der Waals surface area contributed by atoms with Crippen molar-refractivity contribution < 1.29 is 13.0 Å². The maximum atomic E-state index is 10.5. The van der Waals surface area contributed by atoms with Gasteiger partial charge in [0, 0.05) is 0 Å². The standard InChI is InChI=1S/C7H8O3S.C4H5N3/c1-6-2-4-7(5-3-6)11(8,9)10;1-4(7,2-5)3-6/h2-5H,1H3,(H,8,9,10);7H2,1H3. The second-order valence-corrected chi connectivity index (χ2v) is 5.14. The molecule has 18 heavy (non-hydrogen) atoms. The largest absolute Gasteiger partial charge is 0.302 e. The van der Waals surface area contributed by atoms with E-state index in [4.69, 9.17) is 20.8 Å². The first-order chi connectivity index (χ1) is 8.12. The van der Waals surface area contributed by atoms with Gasteiger partial charge in [0.1, 0.15) is 0 Å². The highest BCUT2D eigenvalue weighted by Crippen LogP contribution is 2.08. The van der Waals surface area contributed by atoms with Crippen molar-refractivity contribution in [2.24, 2.45) is 5.73 Å². The van der Waals surface area contributed by atoms with Gasteiger partial charge in [-0.25, -0.2) is 0 Å². The van der Waals surface area contributed by atoms with Gasteiger partial charge in [-0.3, -0.25) is 4.55 Å². The summed E-state index contributed by atoms with van der Waals surface area (Å²) in [4.78, 5) is -0.0666. The average Bonchev–Trinajstić information content (AvgIpc) is 2.29. The highest BCUT2D eigenvalue weighted by atomic mass is 32.2. The molecule has 1 aromatic carbocycles. The Morgan fingerprint density at radius 2 is 1.61 bits per heavy atom. The minimum atomic E-state index is -4.02. The number of nitriles is 2. The van der Waals surface area contributed by atoms with E-state index >= 15 is 0 Å². The summed E-state index contributed by atoms with van der Waals surface area (Å²) in [6, 6.07) is 9.20. The number of benzene rings is 1. The molecule has 96 valence electrons. The first kappa shape index (κ1) is 16.1. The maximum Gasteiger partial charge on any atom is 0.294 e. The Hall–Kier alpha value is -1.93. The number of hydrogen-bond donors (Lipinski definition) is 2. The minimum absolute atomic E-state index is 0.0666. The molecule has 0 aliphatic carbocycles. The van der Waals surface area contributed by atoms with Gasteiger partial charge in [-0.2, -0.15) is 18.9 Å². The van der Waals surface area contributed by atoms with Crippen LogP contribution in [0.4, 0.5) is 0 Å². The van der Waals surface area contributed by atoms with Crippen molar-refractivity contribution in [3.8, 4) is 12.1 Å². The van der Waals surface area contributed by atoms with Crippen molar-refractivity contribution in [1.29, 1.82) is 10.5 Å². The van der Waals surface area contributed by atoms with Gasteiger partial charge in [0.25, 0.3) is 10.1 Å². The van der Waals surface area contributed by atoms with Crippen LogP contribution in [0.25, 0.3) is 0 Å². The molecule has 1 aromatic rings. The number of aryl methyl sites for hydroxylation is 1. The minimum Gasteiger partial charge on any atom is -0.302 e. The van der Waals surface area contributed by atoms with E-state index in [-0.39, 0.29) is 4.90 Å². The molecule has 0 saturated carbocycles. The lowest BCUT2D eigenvalue weighted by Crippen LogP contribution is -2.31. The molecule has 7 heteroatoms. The SMILES string of the molecule is CC(N)(C#N)C#N.Cc1ccc(S(=O)(=O)O)cc1. The van der Waals surface area contributed by atoms with Gasteiger partial charge in [0.2, 0.25) is 0 Å². The second kappa shape index (κ2) is 6.12. The Balaban J connectivity index is 0.000000360. The van der Waals surface area contributed by atoms with Gasteiger partial charge in [-0.15, -0.1) is 0 Å². The van der Waals surface area contributed by atoms with Crippen molar-refractivity contribution in [3.05, 3.63) is 29.8 Å². The Kier molecular flexibility index (Phi) is 5.47. The Bertz CT molecular complexity index is 561. The van der Waals surface area contributed by atoms with Crippen LogP contribution < -0.4 is 5.73 Å². The second-order valence-electron chi connectivity index (χ2n) is 3.71. The van der Waals surface area contributed by atoms with E-state index in [1.807, 2.05) is 6.92 Å². The number of hydrogen-bond acceptors (Lipinski definition) is 5. The van der Waals surface area contributed by atoms with Crippen LogP contribution in [0.3, 0.4) is 0 Å². The fourth-order valence-electron chi connectivity index (χ4n) is 0.735. The van der Waals surface area contributed by atoms with E-state index < -0.39 is 15.7 Å². The zero-order chi connectivity index (χ0) is 14.4. The van der Waals surface area contributed by atoms with Crippen LogP contribution in [-0.2, 0) is 10.1 Å². The molecular formula is C11H13N3O3S. The van der Waals surface area contributed by atoms with Crippen LogP contribution in [0.2, 0.25) is 0 Å². The third-order valence-corrected chi connectivity index (χ3v) is 2.65. The molecule has 0 bridgehead atoms. The number of nitrogens with two attached hydrogens (primary N) is 1. The molecule has 0 spiro atoms. The molecule has 0 fully saturated rings. The van der Waals surface area contributed by atoms with Gasteiger partial charge < -0.3 is 5.73 Å². The molecule has 1 rings (SSSR count). The summed E-state index contributed by atoms with van der Waals surface area (Å²) < 4.78 is 29.6. The van der Waals surface area contributed by atoms with Crippen LogP contribution in [0.1, 0.15) is 12.5 Å². The summed E-state index contributed by atoms with van der Waals surface area (Å²) in [6.45, 7) is 3.20. The molecular weight excluding hydrogens is 254 g/mol. The zero-order valence-corrected chi connectivity index (χ0v) is 10.8. The van der Waals surface area contributed by atoms with Crippen molar-refractivity contribution in [2.45, 2.75) is 24.3 Å². The third kappa shape index (κ3) is 5.97. The molecule has 0 aliphatic heterocycles. The van der Waals surface area contributed by atoms with Crippen molar-refractivity contribution in [1.82, 2.24) is 0 Å². The molecule has 0 amide bonds. The van der Waals surface area contributed by atoms with Gasteiger partial charge >= 0.3 is 0 Å². The highest BCUT2D eigenvalue weighted by molar-refractivity contribution is 7.85. The van der Waals surface area contributed by atoms with Crippen molar-refractivity contribution >= 4 is 10.1 Å². The molecule has 0 saturated heterocycles. The molecule has 0 unspecified atom stereocenters. The molecule has 0 heterocycles. The first-order valence-electron chi connectivity index (χ1n) is 4.78. The lowest BCUT2D eigenvalue weighted by atomic mass is 10.1. The molecule has 0 radical (unpaired) electrons. The van der Waals surface area contributed by atoms with E-state index in [0.717, 1.165) is 5.56 Å².